The van der Waals surface area contributed by atoms with Gasteiger partial charge < -0.3 is 15.2 Å². The summed E-state index contributed by atoms with van der Waals surface area (Å²) >= 11 is 0. The first-order valence-electron chi connectivity index (χ1n) is 7.91. The van der Waals surface area contributed by atoms with Gasteiger partial charge in [-0.25, -0.2) is 0 Å². The van der Waals surface area contributed by atoms with Crippen LogP contribution >= 0.6 is 0 Å². The molecule has 0 aromatic rings. The highest BCUT2D eigenvalue weighted by molar-refractivity contribution is 5.14. The van der Waals surface area contributed by atoms with E-state index in [1.54, 1.807) is 0 Å². The maximum atomic E-state index is 10.1. The molecule has 2 unspecified atom stereocenters. The molecule has 1 aliphatic carbocycles. The molecule has 20 heavy (non-hydrogen) atoms. The summed E-state index contributed by atoms with van der Waals surface area (Å²) < 4.78 is 6.39. The fourth-order valence-electron chi connectivity index (χ4n) is 3.27. The fourth-order valence-corrected chi connectivity index (χ4v) is 3.27. The Labute approximate surface area is 122 Å². The standard InChI is InChI=1S/C16H28N2O2/c1-3-7-16(8-5-4-6-9-16)20-15(14(2)19)18-12-10-17-11-13-18/h14-15,17,19H,4-6,8-13H2,1-2H3. The van der Waals surface area contributed by atoms with Gasteiger partial charge in [0.25, 0.3) is 0 Å². The van der Waals surface area contributed by atoms with Crippen molar-refractivity contribution in [1.29, 1.82) is 0 Å². The fraction of sp³-hybridized carbons (Fsp3) is 0.875. The molecular formula is C16H28N2O2. The van der Waals surface area contributed by atoms with Gasteiger partial charge in [0.05, 0.1) is 6.10 Å². The molecule has 1 saturated carbocycles. The molecule has 0 aromatic carbocycles. The number of aliphatic hydroxyl groups excluding tert-OH is 1. The van der Waals surface area contributed by atoms with Crippen molar-refractivity contribution >= 4 is 0 Å². The minimum absolute atomic E-state index is 0.240. The molecule has 4 heteroatoms. The zero-order valence-corrected chi connectivity index (χ0v) is 12.8. The summed E-state index contributed by atoms with van der Waals surface area (Å²) in [5, 5.41) is 13.5. The van der Waals surface area contributed by atoms with Crippen LogP contribution in [0.5, 0.6) is 0 Å². The molecular weight excluding hydrogens is 252 g/mol. The van der Waals surface area contributed by atoms with E-state index in [2.05, 4.69) is 22.1 Å². The van der Waals surface area contributed by atoms with Gasteiger partial charge in [0.1, 0.15) is 11.8 Å². The summed E-state index contributed by atoms with van der Waals surface area (Å²) in [6.45, 7) is 7.46. The summed E-state index contributed by atoms with van der Waals surface area (Å²) in [4.78, 5) is 2.24. The van der Waals surface area contributed by atoms with Gasteiger partial charge >= 0.3 is 0 Å². The predicted molar refractivity (Wildman–Crippen MR) is 80.3 cm³/mol. The molecule has 2 fully saturated rings. The van der Waals surface area contributed by atoms with Crippen LogP contribution in [0.25, 0.3) is 0 Å². The molecule has 2 N–H and O–H groups in total. The first kappa shape index (κ1) is 15.8. The third-order valence-electron chi connectivity index (χ3n) is 4.28. The Kier molecular flexibility index (Phi) is 5.86. The zero-order chi connectivity index (χ0) is 14.4. The van der Waals surface area contributed by atoms with Crippen molar-refractivity contribution in [3.8, 4) is 11.8 Å². The molecule has 2 rings (SSSR count). The Morgan fingerprint density at radius 2 is 1.85 bits per heavy atom. The van der Waals surface area contributed by atoms with E-state index >= 15 is 0 Å². The second-order valence-corrected chi connectivity index (χ2v) is 5.96. The molecule has 0 radical (unpaired) electrons. The van der Waals surface area contributed by atoms with Crippen LogP contribution in [0.15, 0.2) is 0 Å². The van der Waals surface area contributed by atoms with Gasteiger partial charge in [0.2, 0.25) is 0 Å². The van der Waals surface area contributed by atoms with Crippen molar-refractivity contribution in [2.45, 2.75) is 63.9 Å². The summed E-state index contributed by atoms with van der Waals surface area (Å²) in [5.41, 5.74) is -0.348. The van der Waals surface area contributed by atoms with Gasteiger partial charge in [-0.1, -0.05) is 12.3 Å². The monoisotopic (exact) mass is 280 g/mol. The number of piperazine rings is 1. The highest BCUT2D eigenvalue weighted by atomic mass is 16.5. The van der Waals surface area contributed by atoms with Crippen LogP contribution in [0.3, 0.4) is 0 Å². The summed E-state index contributed by atoms with van der Waals surface area (Å²) in [6, 6.07) is 0. The lowest BCUT2D eigenvalue weighted by atomic mass is 9.85. The Morgan fingerprint density at radius 1 is 1.20 bits per heavy atom. The van der Waals surface area contributed by atoms with Gasteiger partial charge in [0, 0.05) is 26.2 Å². The van der Waals surface area contributed by atoms with Crippen LogP contribution < -0.4 is 5.32 Å². The third-order valence-corrected chi connectivity index (χ3v) is 4.28. The largest absolute Gasteiger partial charge is 0.389 e. The second-order valence-electron chi connectivity index (χ2n) is 5.96. The van der Waals surface area contributed by atoms with Gasteiger partial charge in [-0.3, -0.25) is 4.90 Å². The Morgan fingerprint density at radius 3 is 2.40 bits per heavy atom. The average Bonchev–Trinajstić information content (AvgIpc) is 2.47. The topological polar surface area (TPSA) is 44.7 Å². The third kappa shape index (κ3) is 3.95. The lowest BCUT2D eigenvalue weighted by Gasteiger charge is -2.42. The van der Waals surface area contributed by atoms with E-state index in [4.69, 9.17) is 4.74 Å². The normalized spacial score (nSPS) is 26.4. The van der Waals surface area contributed by atoms with E-state index in [1.807, 2.05) is 13.8 Å². The number of aliphatic hydroxyl groups is 1. The molecule has 0 bridgehead atoms. The molecule has 2 atom stereocenters. The van der Waals surface area contributed by atoms with Gasteiger partial charge in [0.15, 0.2) is 0 Å². The molecule has 1 saturated heterocycles. The Balaban J connectivity index is 2.09. The quantitative estimate of drug-likeness (QED) is 0.763. The Bertz CT molecular complexity index is 347. The average molecular weight is 280 g/mol. The number of hydrogen-bond acceptors (Lipinski definition) is 4. The van der Waals surface area contributed by atoms with E-state index in [0.717, 1.165) is 39.0 Å². The number of ether oxygens (including phenoxy) is 1. The SMILES string of the molecule is CC#CC1(OC(C(C)O)N2CCNCC2)CCCCC1. The molecule has 4 nitrogen and oxygen atoms in total. The highest BCUT2D eigenvalue weighted by Gasteiger charge is 2.37. The highest BCUT2D eigenvalue weighted by Crippen LogP contribution is 2.33. The van der Waals surface area contributed by atoms with Gasteiger partial charge in [-0.2, -0.15) is 0 Å². The summed E-state index contributed by atoms with van der Waals surface area (Å²) in [5.74, 6) is 6.33. The van der Waals surface area contributed by atoms with Crippen molar-refractivity contribution in [2.24, 2.45) is 0 Å². The first-order chi connectivity index (χ1) is 9.67. The van der Waals surface area contributed by atoms with Crippen LogP contribution in [0, 0.1) is 11.8 Å². The van der Waals surface area contributed by atoms with Crippen molar-refractivity contribution in [2.75, 3.05) is 26.2 Å². The first-order valence-corrected chi connectivity index (χ1v) is 7.91. The molecule has 0 amide bonds. The lowest BCUT2D eigenvalue weighted by molar-refractivity contribution is -0.182. The van der Waals surface area contributed by atoms with Crippen LogP contribution in [-0.2, 0) is 4.74 Å². The number of hydrogen-bond donors (Lipinski definition) is 2. The number of nitrogens with one attached hydrogen (secondary N) is 1. The number of nitrogens with zero attached hydrogens (tertiary/aromatic N) is 1. The summed E-state index contributed by atoms with van der Waals surface area (Å²) in [7, 11) is 0. The van der Waals surface area contributed by atoms with E-state index in [1.165, 1.54) is 19.3 Å². The Hall–Kier alpha value is -0.600. The maximum Gasteiger partial charge on any atom is 0.138 e. The predicted octanol–water partition coefficient (Wildman–Crippen LogP) is 1.34. The van der Waals surface area contributed by atoms with E-state index in [9.17, 15) is 5.11 Å². The molecule has 114 valence electrons. The van der Waals surface area contributed by atoms with Crippen LogP contribution in [0.4, 0.5) is 0 Å². The smallest absolute Gasteiger partial charge is 0.138 e. The summed E-state index contributed by atoms with van der Waals surface area (Å²) in [6.07, 6.45) is 4.85. The van der Waals surface area contributed by atoms with E-state index in [0.29, 0.717) is 0 Å². The van der Waals surface area contributed by atoms with E-state index < -0.39 is 6.10 Å². The van der Waals surface area contributed by atoms with Crippen molar-refractivity contribution < 1.29 is 9.84 Å². The molecule has 1 aliphatic heterocycles. The minimum atomic E-state index is -0.495. The van der Waals surface area contributed by atoms with Crippen molar-refractivity contribution in [3.05, 3.63) is 0 Å². The minimum Gasteiger partial charge on any atom is -0.389 e. The lowest BCUT2D eigenvalue weighted by Crippen LogP contribution is -2.56. The number of rotatable bonds is 4. The van der Waals surface area contributed by atoms with Crippen LogP contribution in [0.1, 0.15) is 46.0 Å². The molecule has 0 spiro atoms. The van der Waals surface area contributed by atoms with Gasteiger partial charge in [-0.05, 0) is 39.5 Å². The second kappa shape index (κ2) is 7.42. The van der Waals surface area contributed by atoms with Gasteiger partial charge in [-0.15, -0.1) is 5.92 Å². The van der Waals surface area contributed by atoms with Crippen LogP contribution in [0.2, 0.25) is 0 Å². The van der Waals surface area contributed by atoms with Crippen molar-refractivity contribution in [1.82, 2.24) is 10.2 Å². The molecule has 2 aliphatic rings. The van der Waals surface area contributed by atoms with Crippen molar-refractivity contribution in [3.63, 3.8) is 0 Å². The molecule has 0 aromatic heterocycles. The maximum absolute atomic E-state index is 10.1. The zero-order valence-electron chi connectivity index (χ0n) is 12.8. The molecule has 1 heterocycles. The van der Waals surface area contributed by atoms with E-state index in [-0.39, 0.29) is 11.8 Å². The van der Waals surface area contributed by atoms with Crippen LogP contribution in [-0.4, -0.2) is 54.1 Å².